The summed E-state index contributed by atoms with van der Waals surface area (Å²) in [5.74, 6) is 0.830. The van der Waals surface area contributed by atoms with E-state index in [0.717, 1.165) is 11.1 Å². The number of hydrogen-bond acceptors (Lipinski definition) is 6. The number of methoxy groups -OCH3 is 2. The van der Waals surface area contributed by atoms with Crippen LogP contribution >= 0.6 is 0 Å². The second-order valence-corrected chi connectivity index (χ2v) is 8.41. The Morgan fingerprint density at radius 2 is 1.72 bits per heavy atom. The van der Waals surface area contributed by atoms with E-state index in [2.05, 4.69) is 0 Å². The van der Waals surface area contributed by atoms with Gasteiger partial charge in [-0.3, -0.25) is 4.79 Å². The Bertz CT molecular complexity index is 1480. The number of benzene rings is 3. The minimum Gasteiger partial charge on any atom is -0.493 e. The van der Waals surface area contributed by atoms with Crippen molar-refractivity contribution in [2.24, 2.45) is 0 Å². The minimum absolute atomic E-state index is 0.0723. The molecule has 7 nitrogen and oxygen atoms in total. The van der Waals surface area contributed by atoms with Crippen molar-refractivity contribution in [3.63, 3.8) is 0 Å². The summed E-state index contributed by atoms with van der Waals surface area (Å²) in [5.41, 5.74) is 2.10. The van der Waals surface area contributed by atoms with Crippen LogP contribution in [0.1, 0.15) is 27.5 Å². The fourth-order valence-electron chi connectivity index (χ4n) is 4.58. The molecule has 0 fully saturated rings. The molecule has 184 valence electrons. The van der Waals surface area contributed by atoms with Crippen molar-refractivity contribution in [1.82, 2.24) is 4.90 Å². The molecule has 5 rings (SSSR count). The van der Waals surface area contributed by atoms with Crippen LogP contribution in [0.15, 0.2) is 75.9 Å². The zero-order valence-electron chi connectivity index (χ0n) is 19.8. The van der Waals surface area contributed by atoms with E-state index in [9.17, 15) is 14.0 Å². The number of para-hydroxylation sites is 1. The van der Waals surface area contributed by atoms with Crippen LogP contribution in [0.4, 0.5) is 4.39 Å². The first-order valence-corrected chi connectivity index (χ1v) is 11.5. The van der Waals surface area contributed by atoms with Gasteiger partial charge in [0.05, 0.1) is 31.7 Å². The molecule has 0 spiro atoms. The van der Waals surface area contributed by atoms with Gasteiger partial charge < -0.3 is 23.5 Å². The van der Waals surface area contributed by atoms with Crippen molar-refractivity contribution in [3.05, 3.63) is 99.7 Å². The molecule has 1 amide bonds. The number of carbonyl (C=O) groups is 1. The Morgan fingerprint density at radius 1 is 1.00 bits per heavy atom. The van der Waals surface area contributed by atoms with Crippen LogP contribution in [-0.4, -0.2) is 38.2 Å². The average molecular weight is 489 g/mol. The number of hydrogen-bond donors (Lipinski definition) is 0. The van der Waals surface area contributed by atoms with Crippen LogP contribution in [-0.2, 0) is 6.42 Å². The van der Waals surface area contributed by atoms with Crippen LogP contribution in [0, 0.1) is 5.82 Å². The highest BCUT2D eigenvalue weighted by Gasteiger charge is 2.33. The lowest BCUT2D eigenvalue weighted by Crippen LogP contribution is -2.42. The number of rotatable bonds is 6. The molecule has 3 aromatic carbocycles. The quantitative estimate of drug-likeness (QED) is 0.363. The second kappa shape index (κ2) is 9.73. The highest BCUT2D eigenvalue weighted by atomic mass is 19.1. The lowest BCUT2D eigenvalue weighted by atomic mass is 9.91. The van der Waals surface area contributed by atoms with Crippen molar-refractivity contribution >= 4 is 16.9 Å². The molecule has 2 heterocycles. The predicted octanol–water partition coefficient (Wildman–Crippen LogP) is 4.77. The van der Waals surface area contributed by atoms with Gasteiger partial charge in [-0.1, -0.05) is 12.1 Å². The van der Waals surface area contributed by atoms with E-state index in [1.54, 1.807) is 37.3 Å². The maximum atomic E-state index is 13.5. The molecule has 0 N–H and O–H groups in total. The minimum atomic E-state index is -0.529. The maximum Gasteiger partial charge on any atom is 0.339 e. The maximum absolute atomic E-state index is 13.5. The van der Waals surface area contributed by atoms with E-state index >= 15 is 0 Å². The van der Waals surface area contributed by atoms with Crippen LogP contribution in [0.2, 0.25) is 0 Å². The van der Waals surface area contributed by atoms with E-state index in [1.165, 1.54) is 30.3 Å². The van der Waals surface area contributed by atoms with E-state index in [1.807, 2.05) is 18.2 Å². The highest BCUT2D eigenvalue weighted by molar-refractivity contribution is 5.94. The third kappa shape index (κ3) is 4.37. The molecule has 1 aliphatic rings. The number of fused-ring (bicyclic) bond motifs is 2. The summed E-state index contributed by atoms with van der Waals surface area (Å²) in [5, 5.41) is 0.650. The smallest absolute Gasteiger partial charge is 0.339 e. The van der Waals surface area contributed by atoms with Crippen LogP contribution in [0.25, 0.3) is 11.0 Å². The van der Waals surface area contributed by atoms with Crippen molar-refractivity contribution in [2.45, 2.75) is 12.5 Å². The van der Waals surface area contributed by atoms with E-state index in [4.69, 9.17) is 18.6 Å². The fraction of sp³-hybridized carbons (Fsp3) is 0.214. The summed E-state index contributed by atoms with van der Waals surface area (Å²) in [6.45, 7) is 0.493. The molecule has 0 bridgehead atoms. The first-order chi connectivity index (χ1) is 17.5. The van der Waals surface area contributed by atoms with Crippen LogP contribution in [0.5, 0.6) is 17.2 Å². The number of carbonyl (C=O) groups excluding carboxylic acids is 1. The van der Waals surface area contributed by atoms with Gasteiger partial charge in [-0.05, 0) is 66.1 Å². The van der Waals surface area contributed by atoms with Gasteiger partial charge in [-0.25, -0.2) is 9.18 Å². The Balaban J connectivity index is 1.55. The molecule has 0 saturated heterocycles. The van der Waals surface area contributed by atoms with Gasteiger partial charge in [0.15, 0.2) is 11.5 Å². The number of amides is 1. The summed E-state index contributed by atoms with van der Waals surface area (Å²) in [7, 11) is 3.12. The topological polar surface area (TPSA) is 78.2 Å². The zero-order valence-corrected chi connectivity index (χ0v) is 19.8. The molecule has 1 aliphatic heterocycles. The molecule has 36 heavy (non-hydrogen) atoms. The largest absolute Gasteiger partial charge is 0.493 e. The first kappa shape index (κ1) is 23.4. The zero-order chi connectivity index (χ0) is 25.2. The molecule has 8 heteroatoms. The summed E-state index contributed by atoms with van der Waals surface area (Å²) >= 11 is 0. The molecular weight excluding hydrogens is 465 g/mol. The third-order valence-corrected chi connectivity index (χ3v) is 6.36. The first-order valence-electron chi connectivity index (χ1n) is 11.5. The van der Waals surface area contributed by atoms with Gasteiger partial charge in [0.1, 0.15) is 23.8 Å². The second-order valence-electron chi connectivity index (χ2n) is 8.41. The van der Waals surface area contributed by atoms with Crippen molar-refractivity contribution in [2.75, 3.05) is 27.4 Å². The van der Waals surface area contributed by atoms with Gasteiger partial charge >= 0.3 is 5.63 Å². The molecule has 0 radical (unpaired) electrons. The third-order valence-electron chi connectivity index (χ3n) is 6.36. The number of ether oxygens (including phenoxy) is 3. The van der Waals surface area contributed by atoms with Gasteiger partial charge in [-0.15, -0.1) is 0 Å². The summed E-state index contributed by atoms with van der Waals surface area (Å²) in [6, 6.07) is 17.1. The normalized spacial score (nSPS) is 14.9. The Hall–Kier alpha value is -4.33. The van der Waals surface area contributed by atoms with E-state index in [-0.39, 0.29) is 12.5 Å². The Morgan fingerprint density at radius 3 is 2.47 bits per heavy atom. The van der Waals surface area contributed by atoms with Crippen molar-refractivity contribution < 1.29 is 27.8 Å². The van der Waals surface area contributed by atoms with Gasteiger partial charge in [0.2, 0.25) is 0 Å². The standard InChI is InChI=1S/C28H24FNO6/c1-33-25-13-18-11-12-30(28(32)17-7-9-19(29)10-8-17)22(21(18)14-26(25)34-2)16-35-24-15-27(31)36-23-6-4-3-5-20(23)24/h3-10,13-15,22H,11-12,16H2,1-2H3. The van der Waals surface area contributed by atoms with E-state index < -0.39 is 17.5 Å². The van der Waals surface area contributed by atoms with E-state index in [0.29, 0.717) is 46.7 Å². The monoisotopic (exact) mass is 489 g/mol. The number of nitrogens with zero attached hydrogens (tertiary/aromatic N) is 1. The molecule has 1 atom stereocenters. The molecule has 1 unspecified atom stereocenters. The van der Waals surface area contributed by atoms with Crippen LogP contribution < -0.4 is 19.8 Å². The lowest BCUT2D eigenvalue weighted by molar-refractivity contribution is 0.0590. The van der Waals surface area contributed by atoms with Gasteiger partial charge in [-0.2, -0.15) is 0 Å². The predicted molar refractivity (Wildman–Crippen MR) is 131 cm³/mol. The van der Waals surface area contributed by atoms with Crippen molar-refractivity contribution in [1.29, 1.82) is 0 Å². The van der Waals surface area contributed by atoms with Gasteiger partial charge in [0, 0.05) is 12.1 Å². The van der Waals surface area contributed by atoms with Gasteiger partial charge in [0.25, 0.3) is 5.91 Å². The average Bonchev–Trinajstić information content (AvgIpc) is 2.90. The fourth-order valence-corrected chi connectivity index (χ4v) is 4.58. The molecular formula is C28H24FNO6. The molecule has 0 aliphatic carbocycles. The Labute approximate surface area is 206 Å². The molecule has 4 aromatic rings. The van der Waals surface area contributed by atoms with Crippen molar-refractivity contribution in [3.8, 4) is 17.2 Å². The van der Waals surface area contributed by atoms with Crippen LogP contribution in [0.3, 0.4) is 0 Å². The SMILES string of the molecule is COc1cc2c(cc1OC)C(COc1cc(=O)oc3ccccc13)N(C(=O)c1ccc(F)cc1)CC2. The Kier molecular flexibility index (Phi) is 6.33. The number of halogens is 1. The highest BCUT2D eigenvalue weighted by Crippen LogP contribution is 2.39. The summed E-state index contributed by atoms with van der Waals surface area (Å²) in [4.78, 5) is 27.3. The molecule has 0 saturated carbocycles. The summed E-state index contributed by atoms with van der Waals surface area (Å²) in [6.07, 6.45) is 0.594. The summed E-state index contributed by atoms with van der Waals surface area (Å²) < 4.78 is 35.9. The lowest BCUT2D eigenvalue weighted by Gasteiger charge is -2.37. The molecule has 1 aromatic heterocycles.